The quantitative estimate of drug-likeness (QED) is 0.873. The SMILES string of the molecule is CNS(=O)(=O)N(C)c1nnc(C(C)(C)C)s1. The average Bonchev–Trinajstić information content (AvgIpc) is 2.64. The number of aromatic nitrogens is 2. The second-order valence-corrected chi connectivity index (χ2v) is 7.18. The van der Waals surface area contributed by atoms with Gasteiger partial charge in [-0.15, -0.1) is 10.2 Å². The van der Waals surface area contributed by atoms with Crippen LogP contribution in [0.4, 0.5) is 5.13 Å². The van der Waals surface area contributed by atoms with Crippen molar-refractivity contribution in [1.82, 2.24) is 14.9 Å². The molecule has 0 amide bonds. The van der Waals surface area contributed by atoms with Gasteiger partial charge in [0.05, 0.1) is 0 Å². The first kappa shape index (κ1) is 13.3. The fourth-order valence-electron chi connectivity index (χ4n) is 0.886. The highest BCUT2D eigenvalue weighted by atomic mass is 32.2. The minimum Gasteiger partial charge on any atom is -0.234 e. The van der Waals surface area contributed by atoms with Crippen molar-refractivity contribution in [3.63, 3.8) is 0 Å². The third kappa shape index (κ3) is 2.69. The first-order valence-corrected chi connectivity index (χ1v) is 6.95. The molecule has 8 heteroatoms. The molecule has 0 saturated heterocycles. The molecule has 0 fully saturated rings. The van der Waals surface area contributed by atoms with Crippen molar-refractivity contribution in [3.8, 4) is 0 Å². The standard InChI is InChI=1S/C8H16N4O2S2/c1-8(2,3)6-10-11-7(15-6)12(5)16(13,14)9-4/h9H,1-5H3. The van der Waals surface area contributed by atoms with E-state index < -0.39 is 10.2 Å². The number of hydrogen-bond donors (Lipinski definition) is 1. The van der Waals surface area contributed by atoms with E-state index in [0.717, 1.165) is 9.31 Å². The lowest BCUT2D eigenvalue weighted by Crippen LogP contribution is -2.35. The molecular weight excluding hydrogens is 248 g/mol. The second kappa shape index (κ2) is 4.27. The van der Waals surface area contributed by atoms with E-state index >= 15 is 0 Å². The summed E-state index contributed by atoms with van der Waals surface area (Å²) in [5.74, 6) is 0. The van der Waals surface area contributed by atoms with Crippen LogP contribution in [-0.2, 0) is 15.6 Å². The Morgan fingerprint density at radius 2 is 1.88 bits per heavy atom. The van der Waals surface area contributed by atoms with Crippen LogP contribution in [0, 0.1) is 0 Å². The molecule has 0 bridgehead atoms. The molecule has 1 rings (SSSR count). The maximum absolute atomic E-state index is 11.5. The van der Waals surface area contributed by atoms with Gasteiger partial charge in [-0.05, 0) is 0 Å². The van der Waals surface area contributed by atoms with Crippen LogP contribution < -0.4 is 9.03 Å². The Labute approximate surface area is 99.9 Å². The molecule has 0 saturated carbocycles. The Kier molecular flexibility index (Phi) is 3.56. The molecule has 92 valence electrons. The van der Waals surface area contributed by atoms with E-state index in [4.69, 9.17) is 0 Å². The van der Waals surface area contributed by atoms with Gasteiger partial charge in [0.2, 0.25) is 5.13 Å². The highest BCUT2D eigenvalue weighted by molar-refractivity contribution is 7.91. The van der Waals surface area contributed by atoms with E-state index in [9.17, 15) is 8.42 Å². The van der Waals surface area contributed by atoms with Crippen LogP contribution in [0.5, 0.6) is 0 Å². The van der Waals surface area contributed by atoms with Gasteiger partial charge < -0.3 is 0 Å². The summed E-state index contributed by atoms with van der Waals surface area (Å²) in [5.41, 5.74) is -0.125. The summed E-state index contributed by atoms with van der Waals surface area (Å²) >= 11 is 1.27. The van der Waals surface area contributed by atoms with Crippen LogP contribution >= 0.6 is 11.3 Å². The maximum atomic E-state index is 11.5. The number of nitrogens with zero attached hydrogens (tertiary/aromatic N) is 3. The van der Waals surface area contributed by atoms with E-state index in [1.165, 1.54) is 25.4 Å². The van der Waals surface area contributed by atoms with Crippen LogP contribution in [0.2, 0.25) is 0 Å². The summed E-state index contributed by atoms with van der Waals surface area (Å²) in [7, 11) is -0.690. The van der Waals surface area contributed by atoms with Gasteiger partial charge in [-0.25, -0.2) is 9.03 Å². The lowest BCUT2D eigenvalue weighted by atomic mass is 9.98. The zero-order valence-electron chi connectivity index (χ0n) is 9.97. The van der Waals surface area contributed by atoms with Crippen molar-refractivity contribution in [2.75, 3.05) is 18.4 Å². The highest BCUT2D eigenvalue weighted by Gasteiger charge is 2.24. The van der Waals surface area contributed by atoms with Gasteiger partial charge in [-0.1, -0.05) is 32.1 Å². The summed E-state index contributed by atoms with van der Waals surface area (Å²) in [6.07, 6.45) is 0. The number of nitrogens with one attached hydrogen (secondary N) is 1. The monoisotopic (exact) mass is 264 g/mol. The predicted molar refractivity (Wildman–Crippen MR) is 65.0 cm³/mol. The number of anilines is 1. The Bertz CT molecular complexity index is 461. The molecule has 0 spiro atoms. The predicted octanol–water partition coefficient (Wildman–Crippen LogP) is 0.736. The van der Waals surface area contributed by atoms with Crippen LogP contribution in [0.15, 0.2) is 0 Å². The smallest absolute Gasteiger partial charge is 0.234 e. The third-order valence-electron chi connectivity index (χ3n) is 1.94. The van der Waals surface area contributed by atoms with E-state index in [1.807, 2.05) is 20.8 Å². The Morgan fingerprint density at radius 3 is 2.25 bits per heavy atom. The van der Waals surface area contributed by atoms with Gasteiger partial charge in [0.25, 0.3) is 0 Å². The molecule has 1 aromatic heterocycles. The Hall–Kier alpha value is -0.730. The fraction of sp³-hybridized carbons (Fsp3) is 0.750. The summed E-state index contributed by atoms with van der Waals surface area (Å²) in [4.78, 5) is 0. The summed E-state index contributed by atoms with van der Waals surface area (Å²) in [6.45, 7) is 6.01. The molecule has 0 radical (unpaired) electrons. The van der Waals surface area contributed by atoms with E-state index in [0.29, 0.717) is 5.13 Å². The molecule has 0 unspecified atom stereocenters. The maximum Gasteiger partial charge on any atom is 0.302 e. The molecule has 0 aliphatic carbocycles. The molecule has 0 aliphatic rings. The van der Waals surface area contributed by atoms with E-state index in [2.05, 4.69) is 14.9 Å². The van der Waals surface area contributed by atoms with Crippen molar-refractivity contribution in [3.05, 3.63) is 5.01 Å². The van der Waals surface area contributed by atoms with Gasteiger partial charge in [-0.2, -0.15) is 8.42 Å². The summed E-state index contributed by atoms with van der Waals surface area (Å²) < 4.78 is 26.3. The minimum atomic E-state index is -3.49. The van der Waals surface area contributed by atoms with Crippen LogP contribution in [-0.4, -0.2) is 32.7 Å². The van der Waals surface area contributed by atoms with Crippen molar-refractivity contribution in [2.24, 2.45) is 0 Å². The third-order valence-corrected chi connectivity index (χ3v) is 4.89. The van der Waals surface area contributed by atoms with Gasteiger partial charge in [0.1, 0.15) is 5.01 Å². The van der Waals surface area contributed by atoms with Crippen LogP contribution in [0.25, 0.3) is 0 Å². The topological polar surface area (TPSA) is 75.2 Å². The molecule has 16 heavy (non-hydrogen) atoms. The highest BCUT2D eigenvalue weighted by Crippen LogP contribution is 2.29. The van der Waals surface area contributed by atoms with Crippen molar-refractivity contribution in [1.29, 1.82) is 0 Å². The average molecular weight is 264 g/mol. The number of hydrogen-bond acceptors (Lipinski definition) is 5. The van der Waals surface area contributed by atoms with Crippen molar-refractivity contribution in [2.45, 2.75) is 26.2 Å². The molecule has 1 aromatic rings. The van der Waals surface area contributed by atoms with Gasteiger partial charge in [0, 0.05) is 19.5 Å². The van der Waals surface area contributed by atoms with Gasteiger partial charge in [-0.3, -0.25) is 0 Å². The van der Waals surface area contributed by atoms with Gasteiger partial charge >= 0.3 is 10.2 Å². The van der Waals surface area contributed by atoms with E-state index in [-0.39, 0.29) is 5.41 Å². The molecule has 6 nitrogen and oxygen atoms in total. The minimum absolute atomic E-state index is 0.125. The summed E-state index contributed by atoms with van der Waals surface area (Å²) in [6, 6.07) is 0. The normalized spacial score (nSPS) is 12.8. The largest absolute Gasteiger partial charge is 0.302 e. The first-order chi connectivity index (χ1) is 7.18. The zero-order chi connectivity index (χ0) is 12.6. The lowest BCUT2D eigenvalue weighted by Gasteiger charge is -2.15. The first-order valence-electron chi connectivity index (χ1n) is 4.70. The zero-order valence-corrected chi connectivity index (χ0v) is 11.6. The van der Waals surface area contributed by atoms with Crippen molar-refractivity contribution < 1.29 is 8.42 Å². The lowest BCUT2D eigenvalue weighted by molar-refractivity contribution is 0.578. The number of rotatable bonds is 3. The molecule has 1 heterocycles. The fourth-order valence-corrected chi connectivity index (χ4v) is 2.58. The molecule has 0 aliphatic heterocycles. The van der Waals surface area contributed by atoms with Gasteiger partial charge in [0.15, 0.2) is 0 Å². The van der Waals surface area contributed by atoms with Crippen molar-refractivity contribution >= 4 is 26.7 Å². The van der Waals surface area contributed by atoms with E-state index in [1.54, 1.807) is 0 Å². The Morgan fingerprint density at radius 1 is 1.31 bits per heavy atom. The summed E-state index contributed by atoms with van der Waals surface area (Å²) in [5, 5.41) is 9.03. The molecule has 0 aromatic carbocycles. The molecular formula is C8H16N4O2S2. The second-order valence-electron chi connectivity index (χ2n) is 4.32. The van der Waals surface area contributed by atoms with Crippen LogP contribution in [0.3, 0.4) is 0 Å². The Balaban J connectivity index is 3.04. The molecule has 1 N–H and O–H groups in total. The van der Waals surface area contributed by atoms with Crippen LogP contribution in [0.1, 0.15) is 25.8 Å². The molecule has 0 atom stereocenters.